The van der Waals surface area contributed by atoms with Crippen molar-refractivity contribution in [2.24, 2.45) is 11.8 Å². The van der Waals surface area contributed by atoms with Crippen LogP contribution in [0.2, 0.25) is 0 Å². The van der Waals surface area contributed by atoms with Crippen LogP contribution in [0.1, 0.15) is 79.3 Å². The second-order valence-electron chi connectivity index (χ2n) is 8.54. The molecule has 3 saturated carbocycles. The molecular formula is C20H25N5O3. The monoisotopic (exact) mass is 383 g/mol. The maximum atomic E-state index is 13.0. The van der Waals surface area contributed by atoms with Crippen molar-refractivity contribution >= 4 is 5.91 Å². The number of aryl methyl sites for hydroxylation is 1. The molecule has 1 N–H and O–H groups in total. The summed E-state index contributed by atoms with van der Waals surface area (Å²) in [5, 5.41) is 7.14. The predicted octanol–water partition coefficient (Wildman–Crippen LogP) is 2.89. The minimum atomic E-state index is -0.680. The maximum absolute atomic E-state index is 13.0. The Morgan fingerprint density at radius 1 is 1.25 bits per heavy atom. The highest BCUT2D eigenvalue weighted by molar-refractivity contribution is 5.92. The van der Waals surface area contributed by atoms with Crippen LogP contribution < -0.4 is 10.1 Å². The van der Waals surface area contributed by atoms with Gasteiger partial charge in [0.05, 0.1) is 12.8 Å². The van der Waals surface area contributed by atoms with Crippen molar-refractivity contribution in [1.29, 1.82) is 0 Å². The first-order chi connectivity index (χ1) is 13.5. The number of hydrogen-bond donors (Lipinski definition) is 1. The van der Waals surface area contributed by atoms with E-state index < -0.39 is 5.54 Å². The molecule has 148 valence electrons. The summed E-state index contributed by atoms with van der Waals surface area (Å²) in [7, 11) is 0. The molecular weight excluding hydrogens is 358 g/mol. The number of aromatic nitrogens is 4. The minimum Gasteiger partial charge on any atom is -0.476 e. The Kier molecular flexibility index (Phi) is 4.10. The van der Waals surface area contributed by atoms with Crippen LogP contribution in [0.25, 0.3) is 0 Å². The lowest BCUT2D eigenvalue weighted by Gasteiger charge is -2.27. The Morgan fingerprint density at radius 3 is 2.64 bits per heavy atom. The van der Waals surface area contributed by atoms with Gasteiger partial charge in [0.15, 0.2) is 11.5 Å². The lowest BCUT2D eigenvalue weighted by atomic mass is 9.94. The largest absolute Gasteiger partial charge is 0.476 e. The third-order valence-electron chi connectivity index (χ3n) is 5.88. The van der Waals surface area contributed by atoms with Crippen LogP contribution in [0.3, 0.4) is 0 Å². The van der Waals surface area contributed by atoms with Crippen LogP contribution in [-0.4, -0.2) is 32.6 Å². The van der Waals surface area contributed by atoms with Gasteiger partial charge in [-0.05, 0) is 57.3 Å². The van der Waals surface area contributed by atoms with Crippen molar-refractivity contribution in [1.82, 2.24) is 25.4 Å². The highest BCUT2D eigenvalue weighted by Crippen LogP contribution is 2.45. The molecule has 8 nitrogen and oxygen atoms in total. The van der Waals surface area contributed by atoms with E-state index in [1.54, 1.807) is 13.1 Å². The quantitative estimate of drug-likeness (QED) is 0.747. The van der Waals surface area contributed by atoms with E-state index in [1.165, 1.54) is 12.8 Å². The average Bonchev–Trinajstić information content (AvgIpc) is 3.55. The summed E-state index contributed by atoms with van der Waals surface area (Å²) < 4.78 is 11.1. The Morgan fingerprint density at radius 2 is 2.04 bits per heavy atom. The molecule has 1 amide bonds. The van der Waals surface area contributed by atoms with E-state index in [9.17, 15) is 4.79 Å². The molecule has 1 atom stereocenters. The van der Waals surface area contributed by atoms with Gasteiger partial charge in [-0.25, -0.2) is 4.98 Å². The van der Waals surface area contributed by atoms with Crippen LogP contribution >= 0.6 is 0 Å². The first kappa shape index (κ1) is 17.6. The number of nitrogens with zero attached hydrogens (tertiary/aromatic N) is 4. The number of amides is 1. The lowest BCUT2D eigenvalue weighted by Crippen LogP contribution is -2.46. The zero-order valence-electron chi connectivity index (χ0n) is 16.3. The van der Waals surface area contributed by atoms with Crippen LogP contribution in [0.4, 0.5) is 0 Å². The number of carbonyl (C=O) groups is 1. The van der Waals surface area contributed by atoms with Gasteiger partial charge >= 0.3 is 0 Å². The molecule has 0 aliphatic heterocycles. The fraction of sp³-hybridized carbons (Fsp3) is 0.650. The van der Waals surface area contributed by atoms with Gasteiger partial charge in [-0.15, -0.1) is 0 Å². The van der Waals surface area contributed by atoms with Gasteiger partial charge in [0, 0.05) is 12.8 Å². The summed E-state index contributed by atoms with van der Waals surface area (Å²) in [6.45, 7) is 4.35. The van der Waals surface area contributed by atoms with Gasteiger partial charge in [0.25, 0.3) is 5.91 Å². The van der Waals surface area contributed by atoms with Gasteiger partial charge in [-0.1, -0.05) is 5.16 Å². The van der Waals surface area contributed by atoms with Gasteiger partial charge < -0.3 is 14.6 Å². The Hall–Kier alpha value is -2.51. The molecule has 0 saturated heterocycles. The molecule has 3 aliphatic carbocycles. The normalized spacial score (nSPS) is 21.2. The Balaban J connectivity index is 1.38. The summed E-state index contributed by atoms with van der Waals surface area (Å²) in [6, 6.07) is 0. The molecule has 0 bridgehead atoms. The van der Waals surface area contributed by atoms with Crippen LogP contribution in [0.5, 0.6) is 5.88 Å². The third kappa shape index (κ3) is 3.47. The number of nitrogens with one attached hydrogen (secondary N) is 1. The summed E-state index contributed by atoms with van der Waals surface area (Å²) in [4.78, 5) is 26.4. The number of carbonyl (C=O) groups excluding carboxylic acids is 1. The van der Waals surface area contributed by atoms with Crippen molar-refractivity contribution in [3.63, 3.8) is 0 Å². The summed E-state index contributed by atoms with van der Waals surface area (Å²) in [6.07, 6.45) is 8.22. The molecule has 3 fully saturated rings. The topological polar surface area (TPSA) is 103 Å². The SMILES string of the molecule is Cc1nc(C(C)(NC(=O)c2cnc(C3CC3)c(OCC3CC3)n2)C2CC2)no1. The minimum absolute atomic E-state index is 0.266. The van der Waals surface area contributed by atoms with Crippen molar-refractivity contribution in [3.05, 3.63) is 29.3 Å². The Labute approximate surface area is 163 Å². The Bertz CT molecular complexity index is 901. The summed E-state index contributed by atoms with van der Waals surface area (Å²) in [5.74, 6) is 2.55. The molecule has 2 aromatic rings. The first-order valence-corrected chi connectivity index (χ1v) is 10.2. The van der Waals surface area contributed by atoms with E-state index >= 15 is 0 Å². The van der Waals surface area contributed by atoms with E-state index in [-0.39, 0.29) is 17.5 Å². The number of rotatable bonds is 8. The fourth-order valence-corrected chi connectivity index (χ4v) is 3.53. The molecule has 0 spiro atoms. The molecule has 5 rings (SSSR count). The van der Waals surface area contributed by atoms with Gasteiger partial charge in [0.1, 0.15) is 11.2 Å². The van der Waals surface area contributed by atoms with Crippen molar-refractivity contribution < 1.29 is 14.1 Å². The molecule has 2 aromatic heterocycles. The van der Waals surface area contributed by atoms with Crippen LogP contribution in [-0.2, 0) is 5.54 Å². The molecule has 28 heavy (non-hydrogen) atoms. The van der Waals surface area contributed by atoms with E-state index in [4.69, 9.17) is 9.26 Å². The second kappa shape index (κ2) is 6.53. The fourth-order valence-electron chi connectivity index (χ4n) is 3.53. The highest BCUT2D eigenvalue weighted by atomic mass is 16.5. The molecule has 0 radical (unpaired) electrons. The van der Waals surface area contributed by atoms with Crippen molar-refractivity contribution in [3.8, 4) is 5.88 Å². The predicted molar refractivity (Wildman–Crippen MR) is 98.8 cm³/mol. The zero-order valence-corrected chi connectivity index (χ0v) is 16.3. The van der Waals surface area contributed by atoms with Crippen LogP contribution in [0, 0.1) is 18.8 Å². The van der Waals surface area contributed by atoms with Gasteiger partial charge in [-0.3, -0.25) is 9.78 Å². The van der Waals surface area contributed by atoms with E-state index in [2.05, 4.69) is 25.4 Å². The van der Waals surface area contributed by atoms with E-state index in [1.807, 2.05) is 6.92 Å². The van der Waals surface area contributed by atoms with Crippen LogP contribution in [0.15, 0.2) is 10.7 Å². The van der Waals surface area contributed by atoms with Gasteiger partial charge in [-0.2, -0.15) is 4.98 Å². The van der Waals surface area contributed by atoms with Gasteiger partial charge in [0.2, 0.25) is 11.8 Å². The van der Waals surface area contributed by atoms with E-state index in [0.29, 0.717) is 36.0 Å². The number of hydrogen-bond acceptors (Lipinski definition) is 7. The van der Waals surface area contributed by atoms with Crippen molar-refractivity contribution in [2.45, 2.75) is 63.8 Å². The molecule has 8 heteroatoms. The van der Waals surface area contributed by atoms with Crippen molar-refractivity contribution in [2.75, 3.05) is 6.61 Å². The van der Waals surface area contributed by atoms with E-state index in [0.717, 1.165) is 31.4 Å². The third-order valence-corrected chi connectivity index (χ3v) is 5.88. The molecule has 0 aromatic carbocycles. The smallest absolute Gasteiger partial charge is 0.272 e. The first-order valence-electron chi connectivity index (χ1n) is 10.2. The molecule has 2 heterocycles. The summed E-state index contributed by atoms with van der Waals surface area (Å²) >= 11 is 0. The summed E-state index contributed by atoms with van der Waals surface area (Å²) in [5.41, 5.74) is 0.471. The molecule has 1 unspecified atom stereocenters. The highest BCUT2D eigenvalue weighted by Gasteiger charge is 2.47. The standard InChI is InChI=1S/C20H25N5O3/c1-11-22-19(25-28-11)20(2,14-7-8-14)24-17(26)15-9-21-16(13-5-6-13)18(23-15)27-10-12-3-4-12/h9,12-14H,3-8,10H2,1-2H3,(H,24,26). The number of ether oxygens (including phenoxy) is 1. The lowest BCUT2D eigenvalue weighted by molar-refractivity contribution is 0.0878. The average molecular weight is 383 g/mol. The second-order valence-corrected chi connectivity index (χ2v) is 8.54. The maximum Gasteiger partial charge on any atom is 0.272 e. The zero-order chi connectivity index (χ0) is 19.3. The molecule has 3 aliphatic rings.